The minimum Gasteiger partial charge on any atom is -0.406 e. The Labute approximate surface area is 115 Å². The normalized spacial score (nSPS) is 11.4. The van der Waals surface area contributed by atoms with Gasteiger partial charge in [0.15, 0.2) is 4.34 Å². The molecule has 0 bridgehead atoms. The van der Waals surface area contributed by atoms with Crippen LogP contribution in [-0.4, -0.2) is 22.8 Å². The minimum atomic E-state index is -4.68. The molecule has 1 heterocycles. The summed E-state index contributed by atoms with van der Waals surface area (Å²) in [6.45, 7) is 0. The Kier molecular flexibility index (Phi) is 4.15. The van der Waals surface area contributed by atoms with Crippen molar-refractivity contribution < 1.29 is 17.9 Å². The number of nitrogens with one attached hydrogen (secondary N) is 1. The summed E-state index contributed by atoms with van der Waals surface area (Å²) in [5.74, 6) is -0.264. The van der Waals surface area contributed by atoms with Crippen molar-refractivity contribution in [1.82, 2.24) is 10.2 Å². The van der Waals surface area contributed by atoms with E-state index < -0.39 is 6.36 Å². The molecule has 0 amide bonds. The maximum Gasteiger partial charge on any atom is 0.573 e. The zero-order valence-electron chi connectivity index (χ0n) is 9.56. The standard InChI is InChI=1S/C10H8F3N3OS2/c1-18-9-16-15-8(19-9)14-6-2-4-7(5-3-6)17-10(11,12)13/h2-5H,1H3,(H,14,15). The van der Waals surface area contributed by atoms with Gasteiger partial charge >= 0.3 is 6.36 Å². The van der Waals surface area contributed by atoms with E-state index in [4.69, 9.17) is 0 Å². The van der Waals surface area contributed by atoms with Crippen LogP contribution in [0.5, 0.6) is 5.75 Å². The van der Waals surface area contributed by atoms with Crippen LogP contribution in [0, 0.1) is 0 Å². The summed E-state index contributed by atoms with van der Waals surface area (Å²) in [5.41, 5.74) is 0.610. The average Bonchev–Trinajstić information content (AvgIpc) is 2.77. The summed E-state index contributed by atoms with van der Waals surface area (Å²) < 4.78 is 40.5. The van der Waals surface area contributed by atoms with Gasteiger partial charge in [-0.1, -0.05) is 23.1 Å². The van der Waals surface area contributed by atoms with Gasteiger partial charge in [-0.25, -0.2) is 0 Å². The van der Waals surface area contributed by atoms with E-state index in [1.54, 1.807) is 0 Å². The lowest BCUT2D eigenvalue weighted by Crippen LogP contribution is -2.16. The lowest BCUT2D eigenvalue weighted by molar-refractivity contribution is -0.274. The molecule has 0 aliphatic rings. The van der Waals surface area contributed by atoms with E-state index in [1.165, 1.54) is 47.4 Å². The van der Waals surface area contributed by atoms with Gasteiger partial charge in [-0.15, -0.1) is 23.4 Å². The number of aromatic nitrogens is 2. The molecule has 1 aromatic carbocycles. The molecule has 9 heteroatoms. The molecule has 0 aliphatic carbocycles. The van der Waals surface area contributed by atoms with Gasteiger partial charge in [0.1, 0.15) is 5.75 Å². The number of alkyl halides is 3. The monoisotopic (exact) mass is 307 g/mol. The first-order valence-corrected chi connectivity index (χ1v) is 7.01. The van der Waals surface area contributed by atoms with Crippen LogP contribution in [0.25, 0.3) is 0 Å². The Balaban J connectivity index is 2.02. The van der Waals surface area contributed by atoms with Crippen molar-refractivity contribution in [2.75, 3.05) is 11.6 Å². The van der Waals surface area contributed by atoms with E-state index in [9.17, 15) is 13.2 Å². The highest BCUT2D eigenvalue weighted by Gasteiger charge is 2.30. The van der Waals surface area contributed by atoms with E-state index >= 15 is 0 Å². The van der Waals surface area contributed by atoms with Crippen LogP contribution in [0.3, 0.4) is 0 Å². The topological polar surface area (TPSA) is 47.0 Å². The van der Waals surface area contributed by atoms with Crippen molar-refractivity contribution in [2.24, 2.45) is 0 Å². The molecular weight excluding hydrogens is 299 g/mol. The SMILES string of the molecule is CSc1nnc(Nc2ccc(OC(F)(F)F)cc2)s1. The van der Waals surface area contributed by atoms with Crippen LogP contribution in [0.1, 0.15) is 0 Å². The quantitative estimate of drug-likeness (QED) is 0.868. The first-order chi connectivity index (χ1) is 8.96. The maximum atomic E-state index is 12.0. The molecule has 19 heavy (non-hydrogen) atoms. The molecule has 0 saturated heterocycles. The van der Waals surface area contributed by atoms with Crippen molar-refractivity contribution in [1.29, 1.82) is 0 Å². The molecule has 0 atom stereocenters. The van der Waals surface area contributed by atoms with Crippen molar-refractivity contribution in [3.05, 3.63) is 24.3 Å². The molecule has 2 aromatic rings. The fraction of sp³-hybridized carbons (Fsp3) is 0.200. The molecule has 0 radical (unpaired) electrons. The van der Waals surface area contributed by atoms with Crippen LogP contribution in [0.15, 0.2) is 28.6 Å². The smallest absolute Gasteiger partial charge is 0.406 e. The number of hydrogen-bond acceptors (Lipinski definition) is 6. The number of thioether (sulfide) groups is 1. The second-order valence-electron chi connectivity index (χ2n) is 3.27. The number of rotatable bonds is 4. The average molecular weight is 307 g/mol. The zero-order chi connectivity index (χ0) is 13.9. The molecule has 0 aliphatic heterocycles. The van der Waals surface area contributed by atoms with Gasteiger partial charge in [-0.05, 0) is 30.5 Å². The van der Waals surface area contributed by atoms with Gasteiger partial charge in [0.25, 0.3) is 0 Å². The molecule has 0 spiro atoms. The number of anilines is 2. The second kappa shape index (κ2) is 5.66. The Morgan fingerprint density at radius 1 is 1.21 bits per heavy atom. The molecule has 102 valence electrons. The third-order valence-corrected chi connectivity index (χ3v) is 3.73. The molecule has 0 unspecified atom stereocenters. The largest absolute Gasteiger partial charge is 0.573 e. The predicted molar refractivity (Wildman–Crippen MR) is 68.1 cm³/mol. The minimum absolute atomic E-state index is 0.264. The van der Waals surface area contributed by atoms with Gasteiger partial charge in [0.05, 0.1) is 0 Å². The summed E-state index contributed by atoms with van der Waals surface area (Å²) in [6, 6.07) is 5.40. The van der Waals surface area contributed by atoms with Crippen molar-refractivity contribution in [3.63, 3.8) is 0 Å². The zero-order valence-corrected chi connectivity index (χ0v) is 11.2. The van der Waals surface area contributed by atoms with Crippen molar-refractivity contribution in [3.8, 4) is 5.75 Å². The second-order valence-corrected chi connectivity index (χ2v) is 5.31. The number of benzene rings is 1. The fourth-order valence-corrected chi connectivity index (χ4v) is 2.40. The predicted octanol–water partition coefficient (Wildman–Crippen LogP) is 3.90. The Bertz CT molecular complexity index is 542. The molecular formula is C10H8F3N3OS2. The first kappa shape index (κ1) is 13.9. The third kappa shape index (κ3) is 4.28. The summed E-state index contributed by atoms with van der Waals surface area (Å²) >= 11 is 2.83. The maximum absolute atomic E-state index is 12.0. The Hall–Kier alpha value is -1.48. The number of hydrogen-bond donors (Lipinski definition) is 1. The van der Waals surface area contributed by atoms with E-state index in [0.717, 1.165) is 4.34 Å². The number of ether oxygens (including phenoxy) is 1. The Morgan fingerprint density at radius 2 is 1.89 bits per heavy atom. The van der Waals surface area contributed by atoms with Gasteiger partial charge in [-0.3, -0.25) is 0 Å². The molecule has 1 aromatic heterocycles. The fourth-order valence-electron chi connectivity index (χ4n) is 1.21. The molecule has 2 rings (SSSR count). The molecule has 0 saturated carbocycles. The lowest BCUT2D eigenvalue weighted by atomic mass is 10.3. The van der Waals surface area contributed by atoms with E-state index in [1.807, 2.05) is 6.26 Å². The molecule has 0 fully saturated rings. The van der Waals surface area contributed by atoms with Crippen LogP contribution in [0.4, 0.5) is 24.0 Å². The third-order valence-electron chi connectivity index (χ3n) is 1.92. The number of halogens is 3. The van der Waals surface area contributed by atoms with Crippen LogP contribution in [-0.2, 0) is 0 Å². The van der Waals surface area contributed by atoms with Gasteiger partial charge in [0.2, 0.25) is 5.13 Å². The highest BCUT2D eigenvalue weighted by Crippen LogP contribution is 2.28. The van der Waals surface area contributed by atoms with Gasteiger partial charge in [0, 0.05) is 5.69 Å². The summed E-state index contributed by atoms with van der Waals surface area (Å²) in [5, 5.41) is 11.3. The number of nitrogens with zero attached hydrogens (tertiary/aromatic N) is 2. The van der Waals surface area contributed by atoms with Gasteiger partial charge < -0.3 is 10.1 Å². The summed E-state index contributed by atoms with van der Waals surface area (Å²) in [7, 11) is 0. The van der Waals surface area contributed by atoms with Gasteiger partial charge in [-0.2, -0.15) is 0 Å². The molecule has 1 N–H and O–H groups in total. The molecule has 4 nitrogen and oxygen atoms in total. The van der Waals surface area contributed by atoms with Crippen LogP contribution in [0.2, 0.25) is 0 Å². The highest BCUT2D eigenvalue weighted by molar-refractivity contribution is 8.00. The van der Waals surface area contributed by atoms with E-state index in [2.05, 4.69) is 20.3 Å². The van der Waals surface area contributed by atoms with Crippen LogP contribution < -0.4 is 10.1 Å². The summed E-state index contributed by atoms with van der Waals surface area (Å²) in [4.78, 5) is 0. The van der Waals surface area contributed by atoms with Crippen molar-refractivity contribution >= 4 is 33.9 Å². The lowest BCUT2D eigenvalue weighted by Gasteiger charge is -2.09. The van der Waals surface area contributed by atoms with E-state index in [0.29, 0.717) is 10.8 Å². The Morgan fingerprint density at radius 3 is 2.42 bits per heavy atom. The van der Waals surface area contributed by atoms with E-state index in [-0.39, 0.29) is 5.75 Å². The van der Waals surface area contributed by atoms with Crippen molar-refractivity contribution in [2.45, 2.75) is 10.7 Å². The van der Waals surface area contributed by atoms with Crippen LogP contribution >= 0.6 is 23.1 Å². The first-order valence-electron chi connectivity index (χ1n) is 4.96. The highest BCUT2D eigenvalue weighted by atomic mass is 32.2. The summed E-state index contributed by atoms with van der Waals surface area (Å²) in [6.07, 6.45) is -2.80.